The Bertz CT molecular complexity index is 1010. The van der Waals surface area contributed by atoms with Crippen LogP contribution < -0.4 is 0 Å². The maximum atomic E-state index is 4.78. The van der Waals surface area contributed by atoms with Crippen molar-refractivity contribution in [3.05, 3.63) is 66.0 Å². The van der Waals surface area contributed by atoms with Crippen molar-refractivity contribution in [3.8, 4) is 5.95 Å². The number of hydrogen-bond acceptors (Lipinski definition) is 4. The van der Waals surface area contributed by atoms with Crippen molar-refractivity contribution in [1.29, 1.82) is 0 Å². The summed E-state index contributed by atoms with van der Waals surface area (Å²) in [6.45, 7) is 7.10. The number of nitrogens with zero attached hydrogens (tertiary/aromatic N) is 6. The Morgan fingerprint density at radius 1 is 0.920 bits per heavy atom. The van der Waals surface area contributed by atoms with Crippen LogP contribution in [0.15, 0.2) is 54.6 Å². The largest absolute Gasteiger partial charge is 0.271 e. The molecule has 2 aromatic heterocycles. The summed E-state index contributed by atoms with van der Waals surface area (Å²) >= 11 is 0. The first kappa shape index (κ1) is 15.5. The molecule has 0 aliphatic rings. The van der Waals surface area contributed by atoms with Crippen LogP contribution >= 0.6 is 0 Å². The molecular formula is C19H20N6. The quantitative estimate of drug-likeness (QED) is 0.577. The fourth-order valence-corrected chi connectivity index (χ4v) is 2.86. The Balaban J connectivity index is 1.82. The summed E-state index contributed by atoms with van der Waals surface area (Å²) in [5.41, 5.74) is 2.79. The van der Waals surface area contributed by atoms with Gasteiger partial charge >= 0.3 is 0 Å². The first-order valence-corrected chi connectivity index (χ1v) is 8.32. The highest BCUT2D eigenvalue weighted by Crippen LogP contribution is 2.23. The molecular weight excluding hydrogens is 312 g/mol. The van der Waals surface area contributed by atoms with E-state index in [1.807, 2.05) is 47.1 Å². The van der Waals surface area contributed by atoms with E-state index >= 15 is 0 Å². The highest BCUT2D eigenvalue weighted by molar-refractivity contribution is 5.75. The molecule has 0 radical (unpaired) electrons. The average Bonchev–Trinajstić information content (AvgIpc) is 3.19. The molecule has 4 aromatic rings. The van der Waals surface area contributed by atoms with E-state index in [9.17, 15) is 0 Å². The Labute approximate surface area is 146 Å². The fourth-order valence-electron chi connectivity index (χ4n) is 2.86. The number of hydrogen-bond donors (Lipinski definition) is 0. The van der Waals surface area contributed by atoms with Gasteiger partial charge in [0, 0.05) is 5.41 Å². The zero-order valence-electron chi connectivity index (χ0n) is 14.6. The SMILES string of the molecule is CC(C)(C)c1nc(-n2nnc3ccccc32)nn1Cc1ccccc1. The first-order valence-electron chi connectivity index (χ1n) is 8.32. The van der Waals surface area contributed by atoms with Crippen LogP contribution in [0.4, 0.5) is 0 Å². The molecule has 0 saturated carbocycles. The van der Waals surface area contributed by atoms with Crippen molar-refractivity contribution in [2.24, 2.45) is 0 Å². The molecule has 0 fully saturated rings. The number of para-hydroxylation sites is 1. The lowest BCUT2D eigenvalue weighted by Crippen LogP contribution is -2.20. The van der Waals surface area contributed by atoms with Gasteiger partial charge in [0.05, 0.1) is 12.1 Å². The average molecular weight is 332 g/mol. The van der Waals surface area contributed by atoms with Crippen molar-refractivity contribution in [1.82, 2.24) is 29.8 Å². The second-order valence-corrected chi connectivity index (χ2v) is 7.12. The molecule has 0 saturated heterocycles. The summed E-state index contributed by atoms with van der Waals surface area (Å²) in [7, 11) is 0. The van der Waals surface area contributed by atoms with Crippen molar-refractivity contribution in [2.75, 3.05) is 0 Å². The van der Waals surface area contributed by atoms with Gasteiger partial charge in [-0.2, -0.15) is 9.67 Å². The van der Waals surface area contributed by atoms with E-state index in [1.54, 1.807) is 4.68 Å². The summed E-state index contributed by atoms with van der Waals surface area (Å²) in [6, 6.07) is 18.1. The van der Waals surface area contributed by atoms with Crippen LogP contribution in [-0.2, 0) is 12.0 Å². The Kier molecular flexibility index (Phi) is 3.60. The van der Waals surface area contributed by atoms with Gasteiger partial charge in [-0.15, -0.1) is 10.2 Å². The number of aromatic nitrogens is 6. The Morgan fingerprint density at radius 2 is 1.64 bits per heavy atom. The molecule has 0 atom stereocenters. The minimum absolute atomic E-state index is 0.129. The molecule has 2 aromatic carbocycles. The smallest absolute Gasteiger partial charge is 0.243 e. The Hall–Kier alpha value is -3.02. The van der Waals surface area contributed by atoms with E-state index in [2.05, 4.69) is 43.2 Å². The van der Waals surface area contributed by atoms with Gasteiger partial charge in [0.1, 0.15) is 11.3 Å². The summed E-state index contributed by atoms with van der Waals surface area (Å²) in [4.78, 5) is 4.78. The maximum Gasteiger partial charge on any atom is 0.271 e. The third kappa shape index (κ3) is 2.91. The molecule has 0 unspecified atom stereocenters. The van der Waals surface area contributed by atoms with Gasteiger partial charge < -0.3 is 0 Å². The monoisotopic (exact) mass is 332 g/mol. The molecule has 0 aliphatic heterocycles. The van der Waals surface area contributed by atoms with Crippen LogP contribution in [0.2, 0.25) is 0 Å². The second kappa shape index (κ2) is 5.81. The topological polar surface area (TPSA) is 61.4 Å². The van der Waals surface area contributed by atoms with Gasteiger partial charge in [0.2, 0.25) is 0 Å². The lowest BCUT2D eigenvalue weighted by molar-refractivity contribution is 0.490. The molecule has 0 bridgehead atoms. The number of rotatable bonds is 3. The summed E-state index contributed by atoms with van der Waals surface area (Å²) in [5, 5.41) is 13.2. The van der Waals surface area contributed by atoms with E-state index in [-0.39, 0.29) is 5.41 Å². The summed E-state index contributed by atoms with van der Waals surface area (Å²) < 4.78 is 3.66. The first-order chi connectivity index (χ1) is 12.0. The number of fused-ring (bicyclic) bond motifs is 1. The molecule has 25 heavy (non-hydrogen) atoms. The van der Waals surface area contributed by atoms with Gasteiger partial charge in [-0.25, -0.2) is 4.68 Å². The minimum atomic E-state index is -0.129. The standard InChI is InChI=1S/C19H20N6/c1-19(2,3)17-20-18(22-24(17)13-14-9-5-4-6-10-14)25-16-12-8-7-11-15(16)21-23-25/h4-12H,13H2,1-3H3. The summed E-state index contributed by atoms with van der Waals surface area (Å²) in [5.74, 6) is 1.47. The zero-order chi connectivity index (χ0) is 17.4. The fraction of sp³-hybridized carbons (Fsp3) is 0.263. The lowest BCUT2D eigenvalue weighted by Gasteiger charge is -2.18. The van der Waals surface area contributed by atoms with E-state index in [0.717, 1.165) is 16.9 Å². The second-order valence-electron chi connectivity index (χ2n) is 7.12. The van der Waals surface area contributed by atoms with Crippen LogP contribution in [0, 0.1) is 0 Å². The van der Waals surface area contributed by atoms with E-state index in [1.165, 1.54) is 5.56 Å². The minimum Gasteiger partial charge on any atom is -0.243 e. The van der Waals surface area contributed by atoms with Crippen LogP contribution in [0.3, 0.4) is 0 Å². The predicted molar refractivity (Wildman–Crippen MR) is 96.7 cm³/mol. The lowest BCUT2D eigenvalue weighted by atomic mass is 9.95. The third-order valence-corrected chi connectivity index (χ3v) is 4.05. The molecule has 0 amide bonds. The normalized spacial score (nSPS) is 12.0. The molecule has 4 rings (SSSR count). The Morgan fingerprint density at radius 3 is 2.40 bits per heavy atom. The molecule has 0 spiro atoms. The molecule has 0 N–H and O–H groups in total. The third-order valence-electron chi connectivity index (χ3n) is 4.05. The van der Waals surface area contributed by atoms with Crippen LogP contribution in [0.1, 0.15) is 32.2 Å². The van der Waals surface area contributed by atoms with Crippen LogP contribution in [0.5, 0.6) is 0 Å². The highest BCUT2D eigenvalue weighted by atomic mass is 15.5. The van der Waals surface area contributed by atoms with Crippen molar-refractivity contribution < 1.29 is 0 Å². The van der Waals surface area contributed by atoms with Crippen LogP contribution in [0.25, 0.3) is 17.0 Å². The van der Waals surface area contributed by atoms with E-state index < -0.39 is 0 Å². The molecule has 126 valence electrons. The van der Waals surface area contributed by atoms with Gasteiger partial charge in [-0.3, -0.25) is 0 Å². The van der Waals surface area contributed by atoms with Crippen molar-refractivity contribution in [3.63, 3.8) is 0 Å². The molecule has 6 heteroatoms. The zero-order valence-corrected chi connectivity index (χ0v) is 14.6. The molecule has 2 heterocycles. The van der Waals surface area contributed by atoms with Crippen LogP contribution in [-0.4, -0.2) is 29.8 Å². The van der Waals surface area contributed by atoms with Gasteiger partial charge in [-0.1, -0.05) is 68.4 Å². The van der Waals surface area contributed by atoms with Gasteiger partial charge in [0.25, 0.3) is 5.95 Å². The van der Waals surface area contributed by atoms with Crippen molar-refractivity contribution >= 4 is 11.0 Å². The maximum absolute atomic E-state index is 4.78. The van der Waals surface area contributed by atoms with Gasteiger partial charge in [-0.05, 0) is 17.7 Å². The predicted octanol–water partition coefficient (Wildman–Crippen LogP) is 3.36. The highest BCUT2D eigenvalue weighted by Gasteiger charge is 2.24. The summed E-state index contributed by atoms with van der Waals surface area (Å²) in [6.07, 6.45) is 0. The molecule has 0 aliphatic carbocycles. The van der Waals surface area contributed by atoms with E-state index in [0.29, 0.717) is 12.5 Å². The van der Waals surface area contributed by atoms with Crippen molar-refractivity contribution in [2.45, 2.75) is 32.7 Å². The molecule has 6 nitrogen and oxygen atoms in total. The van der Waals surface area contributed by atoms with E-state index in [4.69, 9.17) is 10.1 Å². The van der Waals surface area contributed by atoms with Gasteiger partial charge in [0.15, 0.2) is 0 Å². The number of benzene rings is 2.